The van der Waals surface area contributed by atoms with Crippen LogP contribution in [0.2, 0.25) is 0 Å². The van der Waals surface area contributed by atoms with Crippen LogP contribution in [-0.2, 0) is 6.42 Å². The Morgan fingerprint density at radius 1 is 1.11 bits per heavy atom. The van der Waals surface area contributed by atoms with Crippen LogP contribution in [0.3, 0.4) is 0 Å². The fraction of sp³-hybridized carbons (Fsp3) is 0.125. The lowest BCUT2D eigenvalue weighted by Crippen LogP contribution is -1.92. The molecule has 0 aliphatic rings. The molecule has 94 valence electrons. The van der Waals surface area contributed by atoms with Crippen molar-refractivity contribution in [2.45, 2.75) is 13.3 Å². The summed E-state index contributed by atoms with van der Waals surface area (Å²) in [5, 5.41) is 1.12. The average molecular weight is 266 g/mol. The number of hydrogen-bond acceptors (Lipinski definition) is 2. The molecule has 1 aromatic heterocycles. The Bertz CT molecular complexity index is 776. The second kappa shape index (κ2) is 4.94. The second-order valence-electron chi connectivity index (χ2n) is 4.49. The number of hydrogen-bond donors (Lipinski definition) is 1. The van der Waals surface area contributed by atoms with Crippen LogP contribution >= 0.6 is 12.2 Å². The molecule has 0 saturated carbocycles. The van der Waals surface area contributed by atoms with Crippen LogP contribution in [0, 0.1) is 4.77 Å². The molecule has 0 amide bonds. The van der Waals surface area contributed by atoms with Gasteiger partial charge in [-0.1, -0.05) is 43.3 Å². The van der Waals surface area contributed by atoms with Gasteiger partial charge in [-0.3, -0.25) is 0 Å². The molecule has 0 bridgehead atoms. The molecular weight excluding hydrogens is 252 g/mol. The zero-order chi connectivity index (χ0) is 13.2. The van der Waals surface area contributed by atoms with Crippen LogP contribution in [-0.4, -0.2) is 9.97 Å². The van der Waals surface area contributed by atoms with Gasteiger partial charge in [0.05, 0.1) is 5.69 Å². The Hall–Kier alpha value is -2.00. The molecule has 3 heteroatoms. The molecule has 1 heterocycles. The van der Waals surface area contributed by atoms with Gasteiger partial charge in [-0.2, -0.15) is 0 Å². The standard InChI is InChI=1S/C16H14N2S/c1-2-11-8-9-14-13(10-11)15(18-16(19)17-14)12-6-4-3-5-7-12/h3-10H,2H2,1H3,(H,17,18,19). The first-order valence-electron chi connectivity index (χ1n) is 6.36. The van der Waals surface area contributed by atoms with Crippen LogP contribution in [0.4, 0.5) is 0 Å². The first-order chi connectivity index (χ1) is 9.28. The zero-order valence-electron chi connectivity index (χ0n) is 10.7. The molecular formula is C16H14N2S. The molecule has 0 fully saturated rings. The molecule has 2 aromatic carbocycles. The topological polar surface area (TPSA) is 28.7 Å². The number of nitrogens with zero attached hydrogens (tertiary/aromatic N) is 1. The van der Waals surface area contributed by atoms with E-state index >= 15 is 0 Å². The summed E-state index contributed by atoms with van der Waals surface area (Å²) in [6, 6.07) is 16.6. The minimum absolute atomic E-state index is 0.524. The maximum Gasteiger partial charge on any atom is 0.197 e. The Labute approximate surface area is 117 Å². The number of fused-ring (bicyclic) bond motifs is 1. The highest BCUT2D eigenvalue weighted by Gasteiger charge is 2.06. The molecule has 0 aliphatic heterocycles. The summed E-state index contributed by atoms with van der Waals surface area (Å²) in [4.78, 5) is 7.66. The summed E-state index contributed by atoms with van der Waals surface area (Å²) < 4.78 is 0.524. The number of aromatic nitrogens is 2. The molecule has 2 nitrogen and oxygen atoms in total. The highest BCUT2D eigenvalue weighted by atomic mass is 32.1. The van der Waals surface area contributed by atoms with Crippen molar-refractivity contribution >= 4 is 23.1 Å². The van der Waals surface area contributed by atoms with Gasteiger partial charge in [0, 0.05) is 16.5 Å². The first kappa shape index (κ1) is 12.1. The summed E-state index contributed by atoms with van der Waals surface area (Å²) in [5.41, 5.74) is 4.39. The Morgan fingerprint density at radius 2 is 1.89 bits per heavy atom. The average Bonchev–Trinajstić information content (AvgIpc) is 2.47. The van der Waals surface area contributed by atoms with Gasteiger partial charge >= 0.3 is 0 Å². The van der Waals surface area contributed by atoms with Gasteiger partial charge in [-0.15, -0.1) is 0 Å². The summed E-state index contributed by atoms with van der Waals surface area (Å²) in [5.74, 6) is 0. The predicted octanol–water partition coefficient (Wildman–Crippen LogP) is 4.52. The highest BCUT2D eigenvalue weighted by molar-refractivity contribution is 7.71. The summed E-state index contributed by atoms with van der Waals surface area (Å²) in [6.45, 7) is 2.15. The number of H-pyrrole nitrogens is 1. The Kier molecular flexibility index (Phi) is 3.13. The number of aromatic amines is 1. The SMILES string of the molecule is CCc1ccc2[nH]c(=S)nc(-c3ccccc3)c2c1. The molecule has 0 aliphatic carbocycles. The molecule has 1 N–H and O–H groups in total. The maximum absolute atomic E-state index is 5.22. The monoisotopic (exact) mass is 266 g/mol. The molecule has 0 spiro atoms. The quantitative estimate of drug-likeness (QED) is 0.691. The van der Waals surface area contributed by atoms with Crippen molar-refractivity contribution in [2.24, 2.45) is 0 Å². The van der Waals surface area contributed by atoms with Gasteiger partial charge in [0.2, 0.25) is 0 Å². The van der Waals surface area contributed by atoms with Gasteiger partial charge in [-0.25, -0.2) is 4.98 Å². The third kappa shape index (κ3) is 2.29. The molecule has 0 radical (unpaired) electrons. The summed E-state index contributed by atoms with van der Waals surface area (Å²) in [7, 11) is 0. The van der Waals surface area contributed by atoms with E-state index in [0.717, 1.165) is 28.6 Å². The summed E-state index contributed by atoms with van der Waals surface area (Å²) in [6.07, 6.45) is 1.01. The van der Waals surface area contributed by atoms with E-state index in [1.54, 1.807) is 0 Å². The lowest BCUT2D eigenvalue weighted by molar-refractivity contribution is 1.13. The third-order valence-corrected chi connectivity index (χ3v) is 3.44. The fourth-order valence-corrected chi connectivity index (χ4v) is 2.44. The normalized spacial score (nSPS) is 10.8. The van der Waals surface area contributed by atoms with Gasteiger partial charge in [-0.05, 0) is 36.3 Å². The second-order valence-corrected chi connectivity index (χ2v) is 4.88. The van der Waals surface area contributed by atoms with E-state index in [1.165, 1.54) is 5.56 Å². The van der Waals surface area contributed by atoms with E-state index in [0.29, 0.717) is 4.77 Å². The van der Waals surface area contributed by atoms with Crippen molar-refractivity contribution in [3.05, 3.63) is 58.9 Å². The molecule has 3 rings (SSSR count). The largest absolute Gasteiger partial charge is 0.330 e. The van der Waals surface area contributed by atoms with Gasteiger partial charge in [0.1, 0.15) is 0 Å². The van der Waals surface area contributed by atoms with Gasteiger partial charge in [0.15, 0.2) is 4.77 Å². The lowest BCUT2D eigenvalue weighted by atomic mass is 10.0. The van der Waals surface area contributed by atoms with Crippen molar-refractivity contribution in [1.82, 2.24) is 9.97 Å². The molecule has 19 heavy (non-hydrogen) atoms. The summed E-state index contributed by atoms with van der Waals surface area (Å²) >= 11 is 5.22. The Morgan fingerprint density at radius 3 is 2.63 bits per heavy atom. The lowest BCUT2D eigenvalue weighted by Gasteiger charge is -2.07. The van der Waals surface area contributed by atoms with Gasteiger partial charge in [0.25, 0.3) is 0 Å². The maximum atomic E-state index is 5.22. The Balaban J connectivity index is 2.36. The fourth-order valence-electron chi connectivity index (χ4n) is 2.24. The van der Waals surface area contributed by atoms with E-state index < -0.39 is 0 Å². The third-order valence-electron chi connectivity index (χ3n) is 3.25. The van der Waals surface area contributed by atoms with E-state index in [1.807, 2.05) is 18.2 Å². The smallest absolute Gasteiger partial charge is 0.197 e. The minimum atomic E-state index is 0.524. The molecule has 0 saturated heterocycles. The van der Waals surface area contributed by atoms with E-state index in [4.69, 9.17) is 12.2 Å². The van der Waals surface area contributed by atoms with Crippen LogP contribution < -0.4 is 0 Å². The van der Waals surface area contributed by atoms with Crippen molar-refractivity contribution < 1.29 is 0 Å². The molecule has 0 unspecified atom stereocenters. The van der Waals surface area contributed by atoms with Crippen molar-refractivity contribution in [2.75, 3.05) is 0 Å². The van der Waals surface area contributed by atoms with Crippen LogP contribution in [0.5, 0.6) is 0 Å². The van der Waals surface area contributed by atoms with E-state index in [2.05, 4.69) is 47.2 Å². The van der Waals surface area contributed by atoms with Crippen molar-refractivity contribution in [3.63, 3.8) is 0 Å². The van der Waals surface area contributed by atoms with Crippen molar-refractivity contribution in [1.29, 1.82) is 0 Å². The minimum Gasteiger partial charge on any atom is -0.330 e. The highest BCUT2D eigenvalue weighted by Crippen LogP contribution is 2.26. The van der Waals surface area contributed by atoms with Crippen LogP contribution in [0.15, 0.2) is 48.5 Å². The van der Waals surface area contributed by atoms with E-state index in [-0.39, 0.29) is 0 Å². The van der Waals surface area contributed by atoms with Crippen molar-refractivity contribution in [3.8, 4) is 11.3 Å². The number of rotatable bonds is 2. The number of aryl methyl sites for hydroxylation is 1. The van der Waals surface area contributed by atoms with Gasteiger partial charge < -0.3 is 4.98 Å². The van der Waals surface area contributed by atoms with E-state index in [9.17, 15) is 0 Å². The first-order valence-corrected chi connectivity index (χ1v) is 6.77. The predicted molar refractivity (Wildman–Crippen MR) is 81.7 cm³/mol. The van der Waals surface area contributed by atoms with Crippen LogP contribution in [0.1, 0.15) is 12.5 Å². The zero-order valence-corrected chi connectivity index (χ0v) is 11.5. The molecule has 0 atom stereocenters. The number of benzene rings is 2. The van der Waals surface area contributed by atoms with Crippen LogP contribution in [0.25, 0.3) is 22.2 Å². The molecule has 3 aromatic rings. The number of nitrogens with one attached hydrogen (secondary N) is 1.